The lowest BCUT2D eigenvalue weighted by Crippen LogP contribution is -2.13. The van der Waals surface area contributed by atoms with Gasteiger partial charge in [0.2, 0.25) is 0 Å². The summed E-state index contributed by atoms with van der Waals surface area (Å²) in [4.78, 5) is 12.3. The van der Waals surface area contributed by atoms with E-state index in [1.165, 1.54) is 11.5 Å². The summed E-state index contributed by atoms with van der Waals surface area (Å²) < 4.78 is 8.24. The molecule has 102 valence electrons. The Morgan fingerprint density at radius 1 is 1.10 bits per heavy atom. The molecule has 0 bridgehead atoms. The summed E-state index contributed by atoms with van der Waals surface area (Å²) in [6, 6.07) is 15.6. The highest BCUT2D eigenvalue weighted by Crippen LogP contribution is 2.18. The maximum absolute atomic E-state index is 12.3. The van der Waals surface area contributed by atoms with E-state index in [2.05, 4.69) is 0 Å². The predicted octanol–water partition coefficient (Wildman–Crippen LogP) is 3.51. The van der Waals surface area contributed by atoms with E-state index in [1.54, 1.807) is 3.96 Å². The molecule has 1 aromatic heterocycles. The van der Waals surface area contributed by atoms with Gasteiger partial charge in [-0.15, -0.1) is 0 Å². The lowest BCUT2D eigenvalue weighted by atomic mass is 10.2. The fourth-order valence-electron chi connectivity index (χ4n) is 2.15. The topological polar surface area (TPSA) is 31.2 Å². The molecule has 0 saturated heterocycles. The van der Waals surface area contributed by atoms with Crippen LogP contribution in [0.4, 0.5) is 0 Å². The third kappa shape index (κ3) is 2.47. The van der Waals surface area contributed by atoms with Gasteiger partial charge in [0.05, 0.1) is 23.2 Å². The maximum atomic E-state index is 12.3. The van der Waals surface area contributed by atoms with Gasteiger partial charge >= 0.3 is 0 Å². The van der Waals surface area contributed by atoms with Crippen LogP contribution < -0.4 is 10.3 Å². The summed E-state index contributed by atoms with van der Waals surface area (Å²) in [5.74, 6) is 0.861. The van der Waals surface area contributed by atoms with E-state index < -0.39 is 0 Å². The van der Waals surface area contributed by atoms with Crippen LogP contribution in [0.5, 0.6) is 5.75 Å². The molecule has 2 aromatic carbocycles. The van der Waals surface area contributed by atoms with Crippen molar-refractivity contribution in [1.29, 1.82) is 0 Å². The van der Waals surface area contributed by atoms with Gasteiger partial charge in [0, 0.05) is 0 Å². The highest BCUT2D eigenvalue weighted by Gasteiger charge is 2.07. The molecule has 0 saturated carbocycles. The minimum atomic E-state index is 0.0829. The normalized spacial score (nSPS) is 10.8. The molecule has 4 heteroatoms. The molecule has 0 aliphatic heterocycles. The Balaban J connectivity index is 1.89. The van der Waals surface area contributed by atoms with Gasteiger partial charge in [-0.3, -0.25) is 8.75 Å². The van der Waals surface area contributed by atoms with Gasteiger partial charge in [0.15, 0.2) is 0 Å². The molecule has 0 radical (unpaired) electrons. The molecule has 0 atom stereocenters. The molecule has 0 aliphatic carbocycles. The summed E-state index contributed by atoms with van der Waals surface area (Å²) in [5, 5.41) is 0.795. The number of ether oxygens (including phenoxy) is 1. The van der Waals surface area contributed by atoms with Gasteiger partial charge in [0.25, 0.3) is 5.56 Å². The van der Waals surface area contributed by atoms with Crippen LogP contribution in [-0.4, -0.2) is 10.6 Å². The van der Waals surface area contributed by atoms with Crippen molar-refractivity contribution in [3.63, 3.8) is 0 Å². The smallest absolute Gasteiger partial charge is 0.268 e. The Labute approximate surface area is 121 Å². The quantitative estimate of drug-likeness (QED) is 0.734. The Hall–Kier alpha value is -2.07. The van der Waals surface area contributed by atoms with Crippen LogP contribution in [0.15, 0.2) is 53.3 Å². The fraction of sp³-hybridized carbons (Fsp3) is 0.188. The second kappa shape index (κ2) is 5.51. The molecule has 3 aromatic rings. The molecule has 0 unspecified atom stereocenters. The van der Waals surface area contributed by atoms with Crippen molar-refractivity contribution in [2.45, 2.75) is 13.5 Å². The van der Waals surface area contributed by atoms with Crippen LogP contribution in [0, 0.1) is 0 Å². The Morgan fingerprint density at radius 3 is 2.55 bits per heavy atom. The van der Waals surface area contributed by atoms with E-state index >= 15 is 0 Å². The highest BCUT2D eigenvalue weighted by molar-refractivity contribution is 7.13. The number of fused-ring (bicyclic) bond motifs is 1. The average Bonchev–Trinajstić information content (AvgIpc) is 2.79. The monoisotopic (exact) mass is 285 g/mol. The first-order chi connectivity index (χ1) is 9.78. The maximum Gasteiger partial charge on any atom is 0.268 e. The van der Waals surface area contributed by atoms with Crippen molar-refractivity contribution in [1.82, 2.24) is 3.96 Å². The van der Waals surface area contributed by atoms with Crippen LogP contribution in [0.3, 0.4) is 0 Å². The van der Waals surface area contributed by atoms with Crippen molar-refractivity contribution in [3.8, 4) is 5.75 Å². The second-order valence-corrected chi connectivity index (χ2v) is 5.57. The molecule has 0 aliphatic rings. The van der Waals surface area contributed by atoms with E-state index in [4.69, 9.17) is 4.74 Å². The van der Waals surface area contributed by atoms with E-state index in [1.807, 2.05) is 55.5 Å². The molecule has 0 N–H and O–H groups in total. The molecule has 20 heavy (non-hydrogen) atoms. The van der Waals surface area contributed by atoms with Gasteiger partial charge in [-0.05, 0) is 36.8 Å². The Bertz CT molecular complexity index is 771. The minimum absolute atomic E-state index is 0.0829. The van der Waals surface area contributed by atoms with Gasteiger partial charge in [-0.1, -0.05) is 35.8 Å². The third-order valence-electron chi connectivity index (χ3n) is 3.11. The molecule has 0 fully saturated rings. The van der Waals surface area contributed by atoms with Crippen LogP contribution >= 0.6 is 11.5 Å². The van der Waals surface area contributed by atoms with Crippen molar-refractivity contribution < 1.29 is 4.74 Å². The Kier molecular flexibility index (Phi) is 3.56. The second-order valence-electron chi connectivity index (χ2n) is 4.51. The van der Waals surface area contributed by atoms with E-state index in [0.717, 1.165) is 21.4 Å². The summed E-state index contributed by atoms with van der Waals surface area (Å²) >= 11 is 1.51. The van der Waals surface area contributed by atoms with E-state index in [9.17, 15) is 4.79 Å². The van der Waals surface area contributed by atoms with Gasteiger partial charge in [-0.25, -0.2) is 0 Å². The summed E-state index contributed by atoms with van der Waals surface area (Å²) in [7, 11) is 0. The Morgan fingerprint density at radius 2 is 1.85 bits per heavy atom. The first kappa shape index (κ1) is 12.9. The molecule has 1 heterocycles. The molecule has 3 nitrogen and oxygen atoms in total. The van der Waals surface area contributed by atoms with Crippen LogP contribution in [0.25, 0.3) is 10.1 Å². The molecular weight excluding hydrogens is 270 g/mol. The zero-order valence-electron chi connectivity index (χ0n) is 11.2. The number of hydrogen-bond donors (Lipinski definition) is 0. The van der Waals surface area contributed by atoms with Gasteiger partial charge in [-0.2, -0.15) is 0 Å². The van der Waals surface area contributed by atoms with Crippen molar-refractivity contribution in [3.05, 3.63) is 64.4 Å². The molecular formula is C16H15NO2S. The van der Waals surface area contributed by atoms with E-state index in [0.29, 0.717) is 13.2 Å². The minimum Gasteiger partial charge on any atom is -0.494 e. The molecule has 3 rings (SSSR count). The van der Waals surface area contributed by atoms with Crippen LogP contribution in [0.2, 0.25) is 0 Å². The molecule has 0 spiro atoms. The third-order valence-corrected chi connectivity index (χ3v) is 4.18. The number of rotatable bonds is 4. The number of benzene rings is 2. The van der Waals surface area contributed by atoms with Crippen molar-refractivity contribution in [2.24, 2.45) is 0 Å². The first-order valence-electron chi connectivity index (χ1n) is 6.58. The zero-order chi connectivity index (χ0) is 13.9. The van der Waals surface area contributed by atoms with Crippen molar-refractivity contribution in [2.75, 3.05) is 6.61 Å². The summed E-state index contributed by atoms with van der Waals surface area (Å²) in [5.41, 5.74) is 1.18. The predicted molar refractivity (Wildman–Crippen MR) is 82.8 cm³/mol. The van der Waals surface area contributed by atoms with Crippen molar-refractivity contribution >= 4 is 21.6 Å². The SMILES string of the molecule is CCOc1ccc(Cn2sc3ccccc3c2=O)cc1. The highest BCUT2D eigenvalue weighted by atomic mass is 32.1. The number of hydrogen-bond acceptors (Lipinski definition) is 3. The number of aromatic nitrogens is 1. The standard InChI is InChI=1S/C16H15NO2S/c1-2-19-13-9-7-12(8-10-13)11-17-16(18)14-5-3-4-6-15(14)20-17/h3-10H,2,11H2,1H3. The summed E-state index contributed by atoms with van der Waals surface area (Å²) in [6.45, 7) is 3.23. The fourth-order valence-corrected chi connectivity index (χ4v) is 3.17. The zero-order valence-corrected chi connectivity index (χ0v) is 12.0. The summed E-state index contributed by atoms with van der Waals surface area (Å²) in [6.07, 6.45) is 0. The van der Waals surface area contributed by atoms with Crippen LogP contribution in [0.1, 0.15) is 12.5 Å². The van der Waals surface area contributed by atoms with Crippen LogP contribution in [-0.2, 0) is 6.54 Å². The van der Waals surface area contributed by atoms with Gasteiger partial charge < -0.3 is 4.74 Å². The lowest BCUT2D eigenvalue weighted by molar-refractivity contribution is 0.340. The largest absolute Gasteiger partial charge is 0.494 e. The van der Waals surface area contributed by atoms with E-state index in [-0.39, 0.29) is 5.56 Å². The first-order valence-corrected chi connectivity index (χ1v) is 7.36. The number of nitrogens with zero attached hydrogens (tertiary/aromatic N) is 1. The van der Waals surface area contributed by atoms with Gasteiger partial charge in [0.1, 0.15) is 5.75 Å². The lowest BCUT2D eigenvalue weighted by Gasteiger charge is -2.04. The molecule has 0 amide bonds. The average molecular weight is 285 g/mol.